The zero-order valence-corrected chi connectivity index (χ0v) is 13.4. The monoisotopic (exact) mass is 377 g/mol. The third-order valence-electron chi connectivity index (χ3n) is 3.50. The van der Waals surface area contributed by atoms with Crippen molar-refractivity contribution in [2.24, 2.45) is 0 Å². The van der Waals surface area contributed by atoms with E-state index in [0.717, 1.165) is 16.1 Å². The molecule has 1 N–H and O–H groups in total. The van der Waals surface area contributed by atoms with Crippen LogP contribution >= 0.6 is 22.6 Å². The summed E-state index contributed by atoms with van der Waals surface area (Å²) in [6.07, 6.45) is 0. The summed E-state index contributed by atoms with van der Waals surface area (Å²) in [5.74, 6) is 0.974. The van der Waals surface area contributed by atoms with Crippen LogP contribution in [0.15, 0.2) is 59.0 Å². The lowest BCUT2D eigenvalue weighted by Crippen LogP contribution is -2.18. The number of hydrogen-bond acceptors (Lipinski definition) is 2. The van der Waals surface area contributed by atoms with E-state index in [-0.39, 0.29) is 6.04 Å². The highest BCUT2D eigenvalue weighted by atomic mass is 127. The first-order valence-electron chi connectivity index (χ1n) is 6.69. The molecule has 3 heteroatoms. The molecule has 0 aliphatic heterocycles. The molecule has 0 saturated carbocycles. The van der Waals surface area contributed by atoms with Crippen LogP contribution in [0.4, 0.5) is 0 Å². The van der Waals surface area contributed by atoms with Crippen LogP contribution < -0.4 is 5.32 Å². The quantitative estimate of drug-likeness (QED) is 0.655. The minimum atomic E-state index is 0.281. The second kappa shape index (κ2) is 5.97. The summed E-state index contributed by atoms with van der Waals surface area (Å²) < 4.78 is 6.51. The third kappa shape index (κ3) is 2.88. The number of hydrogen-bond donors (Lipinski definition) is 1. The average Bonchev–Trinajstić information content (AvgIpc) is 2.90. The predicted octanol–water partition coefficient (Wildman–Crippen LogP) is 4.89. The Hall–Kier alpha value is -1.33. The maximum Gasteiger partial charge on any atom is 0.164 e. The lowest BCUT2D eigenvalue weighted by atomic mass is 10.00. The van der Waals surface area contributed by atoms with Gasteiger partial charge in [-0.1, -0.05) is 42.5 Å². The Balaban J connectivity index is 1.80. The Morgan fingerprint density at radius 2 is 1.85 bits per heavy atom. The Labute approximate surface area is 132 Å². The molecule has 20 heavy (non-hydrogen) atoms. The molecular weight excluding hydrogens is 361 g/mol. The molecule has 0 fully saturated rings. The predicted molar refractivity (Wildman–Crippen MR) is 90.6 cm³/mol. The Kier molecular flexibility index (Phi) is 4.08. The van der Waals surface area contributed by atoms with Crippen molar-refractivity contribution in [3.63, 3.8) is 0 Å². The van der Waals surface area contributed by atoms with Gasteiger partial charge in [-0.2, -0.15) is 0 Å². The molecule has 3 rings (SSSR count). The Morgan fingerprint density at radius 1 is 1.05 bits per heavy atom. The summed E-state index contributed by atoms with van der Waals surface area (Å²) in [5, 5.41) is 6.12. The SMILES string of the molecule is CC(NCc1ccc(I)o1)c1cccc2ccccc12. The summed E-state index contributed by atoms with van der Waals surface area (Å²) >= 11 is 2.19. The van der Waals surface area contributed by atoms with Crippen LogP contribution in [0.2, 0.25) is 0 Å². The van der Waals surface area contributed by atoms with Gasteiger partial charge in [0.2, 0.25) is 0 Å². The summed E-state index contributed by atoms with van der Waals surface area (Å²) in [7, 11) is 0. The summed E-state index contributed by atoms with van der Waals surface area (Å²) in [6.45, 7) is 2.93. The fourth-order valence-corrected chi connectivity index (χ4v) is 2.90. The van der Waals surface area contributed by atoms with E-state index in [1.165, 1.54) is 16.3 Å². The number of fused-ring (bicyclic) bond motifs is 1. The zero-order valence-electron chi connectivity index (χ0n) is 11.3. The van der Waals surface area contributed by atoms with Crippen molar-refractivity contribution in [3.05, 3.63) is 69.7 Å². The molecular formula is C17H16INO. The van der Waals surface area contributed by atoms with Crippen molar-refractivity contribution >= 4 is 33.4 Å². The van der Waals surface area contributed by atoms with Crippen molar-refractivity contribution in [2.45, 2.75) is 19.5 Å². The first-order chi connectivity index (χ1) is 9.74. The van der Waals surface area contributed by atoms with Crippen LogP contribution in [0.25, 0.3) is 10.8 Å². The zero-order chi connectivity index (χ0) is 13.9. The van der Waals surface area contributed by atoms with Gasteiger partial charge in [-0.3, -0.25) is 0 Å². The Bertz CT molecular complexity index is 714. The Morgan fingerprint density at radius 3 is 2.65 bits per heavy atom. The highest BCUT2D eigenvalue weighted by molar-refractivity contribution is 14.1. The molecule has 1 atom stereocenters. The fraction of sp³-hybridized carbons (Fsp3) is 0.176. The van der Waals surface area contributed by atoms with E-state index < -0.39 is 0 Å². The molecule has 0 spiro atoms. The van der Waals surface area contributed by atoms with Crippen LogP contribution in [0.1, 0.15) is 24.3 Å². The van der Waals surface area contributed by atoms with Gasteiger partial charge >= 0.3 is 0 Å². The molecule has 1 heterocycles. The molecule has 102 valence electrons. The highest BCUT2D eigenvalue weighted by Crippen LogP contribution is 2.24. The van der Waals surface area contributed by atoms with Crippen molar-refractivity contribution in [2.75, 3.05) is 0 Å². The lowest BCUT2D eigenvalue weighted by Gasteiger charge is -2.15. The van der Waals surface area contributed by atoms with Crippen LogP contribution in [0.3, 0.4) is 0 Å². The van der Waals surface area contributed by atoms with Gasteiger partial charge in [0.05, 0.1) is 6.54 Å². The minimum Gasteiger partial charge on any atom is -0.454 e. The molecule has 0 radical (unpaired) electrons. The molecule has 1 unspecified atom stereocenters. The largest absolute Gasteiger partial charge is 0.454 e. The molecule has 0 aliphatic rings. The van der Waals surface area contributed by atoms with Crippen LogP contribution in [0.5, 0.6) is 0 Å². The van der Waals surface area contributed by atoms with E-state index in [1.807, 2.05) is 12.1 Å². The van der Waals surface area contributed by atoms with Gasteiger partial charge in [0.25, 0.3) is 0 Å². The van der Waals surface area contributed by atoms with E-state index in [2.05, 4.69) is 77.3 Å². The van der Waals surface area contributed by atoms with Crippen molar-refractivity contribution in [1.29, 1.82) is 0 Å². The van der Waals surface area contributed by atoms with E-state index in [1.54, 1.807) is 0 Å². The molecule has 1 aromatic heterocycles. The standard InChI is InChI=1S/C17H16INO/c1-12(19-11-14-9-10-17(18)20-14)15-8-4-6-13-5-2-3-7-16(13)15/h2-10,12,19H,11H2,1H3. The maximum absolute atomic E-state index is 5.58. The molecule has 3 aromatic rings. The summed E-state index contributed by atoms with van der Waals surface area (Å²) in [4.78, 5) is 0. The van der Waals surface area contributed by atoms with Gasteiger partial charge in [-0.05, 0) is 58.0 Å². The molecule has 0 saturated heterocycles. The third-order valence-corrected chi connectivity index (χ3v) is 4.08. The molecule has 2 aromatic carbocycles. The van der Waals surface area contributed by atoms with Gasteiger partial charge in [-0.25, -0.2) is 0 Å². The lowest BCUT2D eigenvalue weighted by molar-refractivity contribution is 0.445. The minimum absolute atomic E-state index is 0.281. The topological polar surface area (TPSA) is 25.2 Å². The number of furan rings is 1. The van der Waals surface area contributed by atoms with Crippen molar-refractivity contribution in [3.8, 4) is 0 Å². The van der Waals surface area contributed by atoms with Crippen LogP contribution in [-0.2, 0) is 6.54 Å². The first kappa shape index (κ1) is 13.6. The summed E-state index contributed by atoms with van der Waals surface area (Å²) in [6, 6.07) is 19.2. The van der Waals surface area contributed by atoms with Gasteiger partial charge in [0, 0.05) is 6.04 Å². The van der Waals surface area contributed by atoms with Gasteiger partial charge < -0.3 is 9.73 Å². The molecule has 2 nitrogen and oxygen atoms in total. The van der Waals surface area contributed by atoms with Gasteiger partial charge in [-0.15, -0.1) is 0 Å². The van der Waals surface area contributed by atoms with E-state index >= 15 is 0 Å². The van der Waals surface area contributed by atoms with Crippen LogP contribution in [-0.4, -0.2) is 0 Å². The maximum atomic E-state index is 5.58. The number of rotatable bonds is 4. The van der Waals surface area contributed by atoms with E-state index in [9.17, 15) is 0 Å². The number of benzene rings is 2. The highest BCUT2D eigenvalue weighted by Gasteiger charge is 2.09. The van der Waals surface area contributed by atoms with Crippen molar-refractivity contribution in [1.82, 2.24) is 5.32 Å². The van der Waals surface area contributed by atoms with Crippen molar-refractivity contribution < 1.29 is 4.42 Å². The van der Waals surface area contributed by atoms with E-state index in [4.69, 9.17) is 4.42 Å². The number of nitrogens with one attached hydrogen (secondary N) is 1. The molecule has 0 bridgehead atoms. The van der Waals surface area contributed by atoms with Crippen LogP contribution in [0, 0.1) is 3.77 Å². The molecule has 0 amide bonds. The summed E-state index contributed by atoms with van der Waals surface area (Å²) in [5.41, 5.74) is 1.32. The smallest absolute Gasteiger partial charge is 0.164 e. The normalized spacial score (nSPS) is 12.7. The first-order valence-corrected chi connectivity index (χ1v) is 7.77. The second-order valence-electron chi connectivity index (χ2n) is 4.88. The van der Waals surface area contributed by atoms with Gasteiger partial charge in [0.1, 0.15) is 5.76 Å². The second-order valence-corrected chi connectivity index (χ2v) is 5.94. The number of halogens is 1. The van der Waals surface area contributed by atoms with E-state index in [0.29, 0.717) is 0 Å². The average molecular weight is 377 g/mol. The molecule has 0 aliphatic carbocycles. The fourth-order valence-electron chi connectivity index (χ4n) is 2.44. The van der Waals surface area contributed by atoms with Gasteiger partial charge in [0.15, 0.2) is 3.77 Å².